The van der Waals surface area contributed by atoms with Gasteiger partial charge < -0.3 is 10.1 Å². The van der Waals surface area contributed by atoms with Crippen molar-refractivity contribution in [3.05, 3.63) is 41.0 Å². The summed E-state index contributed by atoms with van der Waals surface area (Å²) in [6.07, 6.45) is 1.41. The summed E-state index contributed by atoms with van der Waals surface area (Å²) in [5.41, 5.74) is 1.05. The van der Waals surface area contributed by atoms with E-state index in [4.69, 9.17) is 16.3 Å². The molecule has 5 heteroatoms. The normalized spacial score (nSPS) is 16.4. The van der Waals surface area contributed by atoms with Crippen LogP contribution >= 0.6 is 11.6 Å². The largest absolute Gasteiger partial charge is 0.444 e. The highest BCUT2D eigenvalue weighted by Crippen LogP contribution is 2.48. The number of hydrogen-bond donors (Lipinski definition) is 1. The summed E-state index contributed by atoms with van der Waals surface area (Å²) in [7, 11) is 0. The highest BCUT2D eigenvalue weighted by molar-refractivity contribution is 6.29. The van der Waals surface area contributed by atoms with Crippen LogP contribution < -0.4 is 5.32 Å². The molecule has 3 rings (SSSR count). The van der Waals surface area contributed by atoms with Crippen molar-refractivity contribution in [3.63, 3.8) is 0 Å². The quantitative estimate of drug-likeness (QED) is 0.835. The van der Waals surface area contributed by atoms with Crippen LogP contribution in [-0.2, 0) is 10.3 Å². The van der Waals surface area contributed by atoms with Gasteiger partial charge in [0.2, 0.25) is 0 Å². The summed E-state index contributed by atoms with van der Waals surface area (Å²) in [6, 6.07) is 9.63. The lowest BCUT2D eigenvalue weighted by molar-refractivity contribution is 0.0495. The molecule has 1 amide bonds. The Bertz CT molecular complexity index is 733. The number of benzene rings is 1. The Labute approximate surface area is 134 Å². The summed E-state index contributed by atoms with van der Waals surface area (Å²) in [5, 5.41) is 4.51. The lowest BCUT2D eigenvalue weighted by Gasteiger charge is -2.24. The first kappa shape index (κ1) is 15.1. The van der Waals surface area contributed by atoms with Gasteiger partial charge in [-0.05, 0) is 57.4 Å². The Morgan fingerprint density at radius 1 is 1.27 bits per heavy atom. The number of nitrogens with one attached hydrogen (secondary N) is 1. The predicted molar refractivity (Wildman–Crippen MR) is 87.0 cm³/mol. The molecular formula is C17H19ClN2O2. The van der Waals surface area contributed by atoms with Gasteiger partial charge >= 0.3 is 6.09 Å². The Hall–Kier alpha value is -1.81. The van der Waals surface area contributed by atoms with Crippen molar-refractivity contribution in [2.45, 2.75) is 44.8 Å². The molecule has 0 saturated heterocycles. The Kier molecular flexibility index (Phi) is 3.52. The van der Waals surface area contributed by atoms with Crippen LogP contribution in [-0.4, -0.2) is 16.7 Å². The van der Waals surface area contributed by atoms with Crippen LogP contribution in [0.4, 0.5) is 4.79 Å². The van der Waals surface area contributed by atoms with Crippen molar-refractivity contribution in [2.75, 3.05) is 0 Å². The first-order chi connectivity index (χ1) is 10.3. The van der Waals surface area contributed by atoms with Crippen molar-refractivity contribution in [1.82, 2.24) is 10.3 Å². The molecular weight excluding hydrogens is 300 g/mol. The Balaban J connectivity index is 1.92. The summed E-state index contributed by atoms with van der Waals surface area (Å²) < 4.78 is 5.38. The van der Waals surface area contributed by atoms with Crippen molar-refractivity contribution < 1.29 is 9.53 Å². The standard InChI is InChI=1S/C17H19ClN2O2/c1-16(2,3)22-15(21)20-17(9-10-17)12-5-4-6-13-11(12)7-8-14(18)19-13/h4-8H,9-10H2,1-3H3,(H,20,21). The minimum atomic E-state index is -0.506. The monoisotopic (exact) mass is 318 g/mol. The SMILES string of the molecule is CC(C)(C)OC(=O)NC1(c2cccc3nc(Cl)ccc23)CC1. The number of carbonyl (C=O) groups excluding carboxylic acids is 1. The fraction of sp³-hybridized carbons (Fsp3) is 0.412. The molecule has 0 radical (unpaired) electrons. The number of rotatable bonds is 2. The number of carbonyl (C=O) groups is 1. The first-order valence-corrected chi connectivity index (χ1v) is 7.74. The second-order valence-electron chi connectivity index (χ2n) is 6.72. The minimum absolute atomic E-state index is 0.350. The molecule has 1 aliphatic rings. The van der Waals surface area contributed by atoms with Gasteiger partial charge in [0.25, 0.3) is 0 Å². The van der Waals surface area contributed by atoms with E-state index in [0.717, 1.165) is 29.3 Å². The van der Waals surface area contributed by atoms with Crippen LogP contribution in [0, 0.1) is 0 Å². The molecule has 4 nitrogen and oxygen atoms in total. The van der Waals surface area contributed by atoms with Crippen LogP contribution in [0.25, 0.3) is 10.9 Å². The van der Waals surface area contributed by atoms with Crippen molar-refractivity contribution >= 4 is 28.6 Å². The van der Waals surface area contributed by atoms with E-state index in [1.54, 1.807) is 6.07 Å². The third kappa shape index (κ3) is 3.02. The van der Waals surface area contributed by atoms with Crippen molar-refractivity contribution in [2.24, 2.45) is 0 Å². The first-order valence-electron chi connectivity index (χ1n) is 7.36. The van der Waals surface area contributed by atoms with Crippen molar-refractivity contribution in [1.29, 1.82) is 0 Å². The lowest BCUT2D eigenvalue weighted by Crippen LogP contribution is -2.39. The van der Waals surface area contributed by atoms with Gasteiger partial charge in [0, 0.05) is 5.39 Å². The highest BCUT2D eigenvalue weighted by atomic mass is 35.5. The van der Waals surface area contributed by atoms with Gasteiger partial charge in [-0.25, -0.2) is 9.78 Å². The molecule has 116 valence electrons. The summed E-state index contributed by atoms with van der Waals surface area (Å²) in [4.78, 5) is 16.4. The molecule has 1 aromatic carbocycles. The predicted octanol–water partition coefficient (Wildman–Crippen LogP) is 4.40. The molecule has 1 N–H and O–H groups in total. The zero-order valence-electron chi connectivity index (χ0n) is 12.9. The average molecular weight is 319 g/mol. The van der Waals surface area contributed by atoms with Gasteiger partial charge in [-0.2, -0.15) is 0 Å². The fourth-order valence-corrected chi connectivity index (χ4v) is 2.79. The number of alkyl carbamates (subject to hydrolysis) is 1. The molecule has 0 spiro atoms. The van der Waals surface area contributed by atoms with Gasteiger partial charge in [-0.15, -0.1) is 0 Å². The number of nitrogens with zero attached hydrogens (tertiary/aromatic N) is 1. The average Bonchev–Trinajstić information content (AvgIpc) is 3.16. The maximum absolute atomic E-state index is 12.1. The molecule has 1 heterocycles. The van der Waals surface area contributed by atoms with Gasteiger partial charge in [0.15, 0.2) is 0 Å². The molecule has 0 atom stereocenters. The van der Waals surface area contributed by atoms with Crippen LogP contribution in [0.2, 0.25) is 5.15 Å². The van der Waals surface area contributed by atoms with E-state index >= 15 is 0 Å². The zero-order valence-corrected chi connectivity index (χ0v) is 13.7. The minimum Gasteiger partial charge on any atom is -0.444 e. The molecule has 0 unspecified atom stereocenters. The molecule has 2 aromatic rings. The van der Waals surface area contributed by atoms with Crippen LogP contribution in [0.15, 0.2) is 30.3 Å². The number of amides is 1. The maximum Gasteiger partial charge on any atom is 0.408 e. The summed E-state index contributed by atoms with van der Waals surface area (Å²) in [5.74, 6) is 0. The van der Waals surface area contributed by atoms with Gasteiger partial charge in [0.05, 0.1) is 11.1 Å². The topological polar surface area (TPSA) is 51.2 Å². The number of aromatic nitrogens is 1. The third-order valence-corrected chi connectivity index (χ3v) is 3.91. The Morgan fingerprint density at radius 2 is 2.00 bits per heavy atom. The molecule has 22 heavy (non-hydrogen) atoms. The van der Waals surface area contributed by atoms with E-state index in [2.05, 4.69) is 10.3 Å². The fourth-order valence-electron chi connectivity index (χ4n) is 2.63. The number of pyridine rings is 1. The second kappa shape index (κ2) is 5.13. The molecule has 1 fully saturated rings. The number of fused-ring (bicyclic) bond motifs is 1. The molecule has 1 aromatic heterocycles. The van der Waals surface area contributed by atoms with Gasteiger partial charge in [-0.1, -0.05) is 23.7 Å². The number of hydrogen-bond acceptors (Lipinski definition) is 3. The van der Waals surface area contributed by atoms with Crippen molar-refractivity contribution in [3.8, 4) is 0 Å². The molecule has 0 bridgehead atoms. The molecule has 1 saturated carbocycles. The van der Waals surface area contributed by atoms with E-state index < -0.39 is 5.60 Å². The summed E-state index contributed by atoms with van der Waals surface area (Å²) in [6.45, 7) is 5.57. The van der Waals surface area contributed by atoms with E-state index in [9.17, 15) is 4.79 Å². The van der Waals surface area contributed by atoms with Crippen LogP contribution in [0.1, 0.15) is 39.2 Å². The van der Waals surface area contributed by atoms with Crippen LogP contribution in [0.3, 0.4) is 0 Å². The van der Waals surface area contributed by atoms with Gasteiger partial charge in [0.1, 0.15) is 10.8 Å². The lowest BCUT2D eigenvalue weighted by atomic mass is 9.99. The zero-order chi connectivity index (χ0) is 16.0. The Morgan fingerprint density at radius 3 is 2.64 bits per heavy atom. The van der Waals surface area contributed by atoms with E-state index in [1.165, 1.54) is 0 Å². The number of ether oxygens (including phenoxy) is 1. The number of halogens is 1. The molecule has 1 aliphatic carbocycles. The maximum atomic E-state index is 12.1. The molecule has 0 aliphatic heterocycles. The second-order valence-corrected chi connectivity index (χ2v) is 7.10. The van der Waals surface area contributed by atoms with E-state index in [1.807, 2.05) is 45.0 Å². The van der Waals surface area contributed by atoms with E-state index in [-0.39, 0.29) is 11.6 Å². The highest BCUT2D eigenvalue weighted by Gasteiger charge is 2.47. The van der Waals surface area contributed by atoms with Crippen LogP contribution in [0.5, 0.6) is 0 Å². The summed E-state index contributed by atoms with van der Waals surface area (Å²) >= 11 is 5.96. The third-order valence-electron chi connectivity index (χ3n) is 3.70. The van der Waals surface area contributed by atoms with Gasteiger partial charge in [-0.3, -0.25) is 0 Å². The smallest absolute Gasteiger partial charge is 0.408 e. The van der Waals surface area contributed by atoms with E-state index in [0.29, 0.717) is 5.15 Å².